The molecule has 1 aromatic heterocycles. The summed E-state index contributed by atoms with van der Waals surface area (Å²) >= 11 is 0. The van der Waals surface area contributed by atoms with E-state index in [2.05, 4.69) is 29.0 Å². The van der Waals surface area contributed by atoms with Crippen molar-refractivity contribution in [1.82, 2.24) is 4.98 Å². The van der Waals surface area contributed by atoms with Gasteiger partial charge in [-0.1, -0.05) is 18.2 Å². The summed E-state index contributed by atoms with van der Waals surface area (Å²) in [5, 5.41) is 2.81. The van der Waals surface area contributed by atoms with Gasteiger partial charge in [-0.25, -0.2) is 9.78 Å². The van der Waals surface area contributed by atoms with Crippen molar-refractivity contribution in [2.75, 3.05) is 23.3 Å². The predicted octanol–water partition coefficient (Wildman–Crippen LogP) is 3.04. The van der Waals surface area contributed by atoms with E-state index in [4.69, 9.17) is 4.74 Å². The fourth-order valence-corrected chi connectivity index (χ4v) is 3.12. The third kappa shape index (κ3) is 3.40. The minimum absolute atomic E-state index is 0.339. The summed E-state index contributed by atoms with van der Waals surface area (Å²) in [7, 11) is 0. The number of carbonyl (C=O) groups is 2. The van der Waals surface area contributed by atoms with Gasteiger partial charge in [-0.15, -0.1) is 0 Å². The molecule has 1 N–H and O–H groups in total. The molecule has 2 aromatic rings. The second kappa shape index (κ2) is 7.15. The van der Waals surface area contributed by atoms with E-state index in [1.807, 2.05) is 18.2 Å². The van der Waals surface area contributed by atoms with Crippen LogP contribution in [0.5, 0.6) is 0 Å². The smallest absolute Gasteiger partial charge is 0.339 e. The molecular formula is C20H23N3O3. The molecule has 0 saturated heterocycles. The fourth-order valence-electron chi connectivity index (χ4n) is 3.12. The van der Waals surface area contributed by atoms with Crippen molar-refractivity contribution in [3.63, 3.8) is 0 Å². The van der Waals surface area contributed by atoms with E-state index in [1.54, 1.807) is 31.3 Å². The van der Waals surface area contributed by atoms with Crippen molar-refractivity contribution in [3.05, 3.63) is 53.7 Å². The van der Waals surface area contributed by atoms with E-state index < -0.39 is 11.6 Å². The third-order valence-electron chi connectivity index (χ3n) is 4.66. The summed E-state index contributed by atoms with van der Waals surface area (Å²) in [6.45, 7) is 7.49. The number of rotatable bonds is 5. The van der Waals surface area contributed by atoms with Crippen LogP contribution in [0, 0.1) is 0 Å². The first kappa shape index (κ1) is 17.9. The van der Waals surface area contributed by atoms with Gasteiger partial charge in [0.1, 0.15) is 5.82 Å². The summed E-state index contributed by atoms with van der Waals surface area (Å²) in [5.74, 6) is 0.0227. The molecule has 1 aliphatic heterocycles. The number of fused-ring (bicyclic) bond motifs is 1. The maximum atomic E-state index is 12.7. The number of esters is 1. The van der Waals surface area contributed by atoms with Crippen LogP contribution in [-0.2, 0) is 16.0 Å². The Kier molecular flexibility index (Phi) is 4.93. The summed E-state index contributed by atoms with van der Waals surface area (Å²) in [4.78, 5) is 31.5. The topological polar surface area (TPSA) is 71.5 Å². The molecule has 0 radical (unpaired) electrons. The molecule has 1 aliphatic rings. The maximum absolute atomic E-state index is 12.7. The standard InChI is InChI=1S/C20H23N3O3/c1-4-23(5-2)17-11-10-15(13-21-17)22-19(25)20(3)12-14-8-6-7-9-16(14)18(24)26-20/h6-11,13H,4-5,12H2,1-3H3,(H,22,25). The van der Waals surface area contributed by atoms with Crippen molar-refractivity contribution in [3.8, 4) is 0 Å². The van der Waals surface area contributed by atoms with Crippen LogP contribution in [0.25, 0.3) is 0 Å². The molecule has 1 atom stereocenters. The van der Waals surface area contributed by atoms with Crippen molar-refractivity contribution in [2.45, 2.75) is 32.8 Å². The SMILES string of the molecule is CCN(CC)c1ccc(NC(=O)C2(C)Cc3ccccc3C(=O)O2)cn1. The van der Waals surface area contributed by atoms with Crippen molar-refractivity contribution >= 4 is 23.4 Å². The Hall–Kier alpha value is -2.89. The Labute approximate surface area is 153 Å². The van der Waals surface area contributed by atoms with Gasteiger partial charge in [0.05, 0.1) is 17.4 Å². The van der Waals surface area contributed by atoms with Crippen LogP contribution < -0.4 is 10.2 Å². The molecule has 0 fully saturated rings. The van der Waals surface area contributed by atoms with E-state index in [0.717, 1.165) is 24.5 Å². The average molecular weight is 353 g/mol. The molecule has 0 spiro atoms. The monoisotopic (exact) mass is 353 g/mol. The molecule has 2 heterocycles. The lowest BCUT2D eigenvalue weighted by Crippen LogP contribution is -2.48. The van der Waals surface area contributed by atoms with E-state index >= 15 is 0 Å². The lowest BCUT2D eigenvalue weighted by atomic mass is 9.89. The normalized spacial score (nSPS) is 18.7. The Balaban J connectivity index is 1.75. The van der Waals surface area contributed by atoms with Crippen LogP contribution in [0.3, 0.4) is 0 Å². The van der Waals surface area contributed by atoms with Gasteiger partial charge in [-0.3, -0.25) is 4.79 Å². The zero-order valence-corrected chi connectivity index (χ0v) is 15.3. The van der Waals surface area contributed by atoms with Crippen molar-refractivity contribution in [1.29, 1.82) is 0 Å². The van der Waals surface area contributed by atoms with E-state index in [-0.39, 0.29) is 5.91 Å². The van der Waals surface area contributed by atoms with Crippen LogP contribution in [0.1, 0.15) is 36.7 Å². The molecule has 1 aromatic carbocycles. The molecule has 1 amide bonds. The number of benzene rings is 1. The van der Waals surface area contributed by atoms with Crippen LogP contribution in [0.2, 0.25) is 0 Å². The highest BCUT2D eigenvalue weighted by atomic mass is 16.6. The van der Waals surface area contributed by atoms with E-state index in [1.165, 1.54) is 0 Å². The van der Waals surface area contributed by atoms with Gasteiger partial charge in [-0.05, 0) is 44.5 Å². The summed E-state index contributed by atoms with van der Waals surface area (Å²) < 4.78 is 5.45. The Bertz CT molecular complexity index is 815. The van der Waals surface area contributed by atoms with Gasteiger partial charge in [0, 0.05) is 19.5 Å². The highest BCUT2D eigenvalue weighted by molar-refractivity contribution is 6.02. The number of ether oxygens (including phenoxy) is 1. The molecule has 3 rings (SSSR count). The quantitative estimate of drug-likeness (QED) is 0.837. The van der Waals surface area contributed by atoms with Crippen molar-refractivity contribution in [2.24, 2.45) is 0 Å². The van der Waals surface area contributed by atoms with Gasteiger partial charge in [0.2, 0.25) is 0 Å². The molecule has 0 aliphatic carbocycles. The summed E-state index contributed by atoms with van der Waals surface area (Å²) in [6.07, 6.45) is 1.96. The van der Waals surface area contributed by atoms with Crippen molar-refractivity contribution < 1.29 is 14.3 Å². The number of pyridine rings is 1. The first-order chi connectivity index (χ1) is 12.5. The molecule has 0 saturated carbocycles. The first-order valence-electron chi connectivity index (χ1n) is 8.80. The van der Waals surface area contributed by atoms with E-state index in [0.29, 0.717) is 17.7 Å². The molecule has 136 valence electrons. The summed E-state index contributed by atoms with van der Waals surface area (Å²) in [5.41, 5.74) is 0.657. The maximum Gasteiger partial charge on any atom is 0.339 e. The number of hydrogen-bond donors (Lipinski definition) is 1. The van der Waals surface area contributed by atoms with Gasteiger partial charge < -0.3 is 15.0 Å². The Morgan fingerprint density at radius 2 is 1.96 bits per heavy atom. The van der Waals surface area contributed by atoms with Gasteiger partial charge in [0.25, 0.3) is 5.91 Å². The number of hydrogen-bond acceptors (Lipinski definition) is 5. The predicted molar refractivity (Wildman–Crippen MR) is 100 cm³/mol. The largest absolute Gasteiger partial charge is 0.445 e. The summed E-state index contributed by atoms with van der Waals surface area (Å²) in [6, 6.07) is 10.9. The number of aromatic nitrogens is 1. The number of cyclic esters (lactones) is 1. The number of nitrogens with zero attached hydrogens (tertiary/aromatic N) is 2. The average Bonchev–Trinajstić information content (AvgIpc) is 2.64. The van der Waals surface area contributed by atoms with Gasteiger partial charge >= 0.3 is 5.97 Å². The zero-order valence-electron chi connectivity index (χ0n) is 15.3. The Morgan fingerprint density at radius 1 is 1.23 bits per heavy atom. The van der Waals surface area contributed by atoms with Gasteiger partial charge in [-0.2, -0.15) is 0 Å². The lowest BCUT2D eigenvalue weighted by Gasteiger charge is -2.33. The van der Waals surface area contributed by atoms with Crippen LogP contribution in [0.4, 0.5) is 11.5 Å². The van der Waals surface area contributed by atoms with E-state index in [9.17, 15) is 9.59 Å². The van der Waals surface area contributed by atoms with Crippen LogP contribution in [0.15, 0.2) is 42.6 Å². The fraction of sp³-hybridized carbons (Fsp3) is 0.350. The highest BCUT2D eigenvalue weighted by Crippen LogP contribution is 2.29. The molecule has 0 bridgehead atoms. The molecular weight excluding hydrogens is 330 g/mol. The molecule has 6 nitrogen and oxygen atoms in total. The number of nitrogens with one attached hydrogen (secondary N) is 1. The third-order valence-corrected chi connectivity index (χ3v) is 4.66. The van der Waals surface area contributed by atoms with Gasteiger partial charge in [0.15, 0.2) is 5.60 Å². The molecule has 6 heteroatoms. The lowest BCUT2D eigenvalue weighted by molar-refractivity contribution is -0.134. The van der Waals surface area contributed by atoms with Crippen LogP contribution >= 0.6 is 0 Å². The number of anilines is 2. The second-order valence-electron chi connectivity index (χ2n) is 6.49. The number of carbonyl (C=O) groups excluding carboxylic acids is 2. The highest BCUT2D eigenvalue weighted by Gasteiger charge is 2.42. The zero-order chi connectivity index (χ0) is 18.7. The minimum atomic E-state index is -1.25. The first-order valence-corrected chi connectivity index (χ1v) is 8.80. The number of amides is 1. The molecule has 26 heavy (non-hydrogen) atoms. The minimum Gasteiger partial charge on any atom is -0.445 e. The Morgan fingerprint density at radius 3 is 2.62 bits per heavy atom. The van der Waals surface area contributed by atoms with Crippen LogP contribution in [-0.4, -0.2) is 35.6 Å². The molecule has 1 unspecified atom stereocenters. The second-order valence-corrected chi connectivity index (χ2v) is 6.49.